The van der Waals surface area contributed by atoms with Crippen LogP contribution in [0.4, 0.5) is 0 Å². The molecule has 2 aliphatic heterocycles. The Bertz CT molecular complexity index is 982. The quantitative estimate of drug-likeness (QED) is 0.677. The summed E-state index contributed by atoms with van der Waals surface area (Å²) in [5.74, 6) is 0.635. The summed E-state index contributed by atoms with van der Waals surface area (Å²) in [6.07, 6.45) is 6.69. The van der Waals surface area contributed by atoms with Crippen LogP contribution < -0.4 is 10.9 Å². The number of β-amino-alcohol motifs (C(OH)–C–C–N with tert-alkyl or cyclic N) is 1. The Labute approximate surface area is 168 Å². The number of likely N-dealkylation sites (tertiary alicyclic amines) is 1. The van der Waals surface area contributed by atoms with E-state index >= 15 is 0 Å². The van der Waals surface area contributed by atoms with Gasteiger partial charge in [-0.25, -0.2) is 4.98 Å². The number of carbonyl (C=O) groups excluding carboxylic acids is 1. The molecule has 2 aromatic heterocycles. The fourth-order valence-electron chi connectivity index (χ4n) is 5.06. The van der Waals surface area contributed by atoms with Crippen LogP contribution in [0.15, 0.2) is 29.3 Å². The zero-order valence-electron chi connectivity index (χ0n) is 16.2. The lowest BCUT2D eigenvalue weighted by Crippen LogP contribution is -2.50. The molecule has 8 heteroatoms. The number of amides is 1. The molecule has 0 aromatic carbocycles. The Hall–Kier alpha value is -2.58. The van der Waals surface area contributed by atoms with Gasteiger partial charge in [0.15, 0.2) is 0 Å². The van der Waals surface area contributed by atoms with Crippen molar-refractivity contribution in [2.24, 2.45) is 0 Å². The molecule has 1 spiro atoms. The number of aliphatic hydroxyl groups excluding tert-OH is 1. The van der Waals surface area contributed by atoms with Crippen molar-refractivity contribution < 1.29 is 9.90 Å². The van der Waals surface area contributed by atoms with E-state index in [1.54, 1.807) is 12.4 Å². The number of nitrogens with zero attached hydrogens (tertiary/aromatic N) is 3. The first-order valence-corrected chi connectivity index (χ1v) is 10.3. The zero-order valence-corrected chi connectivity index (χ0v) is 16.2. The SMILES string of the molecule is O=C([C@@H]1C[C@@H](O)CN1)N1CCC2(CCc3c2nc(-c2cccnc2)[nH]c3=O)CC1. The Morgan fingerprint density at radius 2 is 2.10 bits per heavy atom. The summed E-state index contributed by atoms with van der Waals surface area (Å²) >= 11 is 0. The maximum Gasteiger partial charge on any atom is 0.254 e. The first kappa shape index (κ1) is 18.4. The molecule has 2 atom stereocenters. The fourth-order valence-corrected chi connectivity index (χ4v) is 5.06. The van der Waals surface area contributed by atoms with Crippen molar-refractivity contribution in [1.82, 2.24) is 25.2 Å². The van der Waals surface area contributed by atoms with Crippen molar-refractivity contribution >= 4 is 5.91 Å². The van der Waals surface area contributed by atoms with E-state index in [4.69, 9.17) is 4.98 Å². The van der Waals surface area contributed by atoms with Crippen LogP contribution in [0.2, 0.25) is 0 Å². The second kappa shape index (κ2) is 7.03. The lowest BCUT2D eigenvalue weighted by molar-refractivity contribution is -0.134. The molecule has 2 aromatic rings. The van der Waals surface area contributed by atoms with Gasteiger partial charge >= 0.3 is 0 Å². The predicted octanol–water partition coefficient (Wildman–Crippen LogP) is 0.361. The number of H-pyrrole nitrogens is 1. The predicted molar refractivity (Wildman–Crippen MR) is 106 cm³/mol. The number of aromatic amines is 1. The van der Waals surface area contributed by atoms with Gasteiger partial charge in [0.2, 0.25) is 5.91 Å². The van der Waals surface area contributed by atoms with E-state index in [1.165, 1.54) is 0 Å². The first-order chi connectivity index (χ1) is 14.1. The monoisotopic (exact) mass is 395 g/mol. The lowest BCUT2D eigenvalue weighted by Gasteiger charge is -2.40. The molecule has 0 radical (unpaired) electrons. The van der Waals surface area contributed by atoms with Crippen molar-refractivity contribution in [3.8, 4) is 11.4 Å². The number of hydrogen-bond acceptors (Lipinski definition) is 6. The largest absolute Gasteiger partial charge is 0.392 e. The lowest BCUT2D eigenvalue weighted by atomic mass is 9.76. The van der Waals surface area contributed by atoms with Crippen LogP contribution in [0.1, 0.15) is 36.9 Å². The van der Waals surface area contributed by atoms with Crippen LogP contribution in [-0.2, 0) is 16.6 Å². The van der Waals surface area contributed by atoms with E-state index in [1.807, 2.05) is 17.0 Å². The number of aliphatic hydroxyl groups is 1. The van der Waals surface area contributed by atoms with Gasteiger partial charge < -0.3 is 20.3 Å². The molecule has 29 heavy (non-hydrogen) atoms. The number of fused-ring (bicyclic) bond motifs is 2. The van der Waals surface area contributed by atoms with Gasteiger partial charge in [0.05, 0.1) is 17.8 Å². The third kappa shape index (κ3) is 3.16. The summed E-state index contributed by atoms with van der Waals surface area (Å²) in [6, 6.07) is 3.44. The molecule has 1 aliphatic carbocycles. The third-order valence-electron chi connectivity index (χ3n) is 6.74. The van der Waals surface area contributed by atoms with E-state index in [0.29, 0.717) is 31.9 Å². The van der Waals surface area contributed by atoms with Gasteiger partial charge in [-0.2, -0.15) is 0 Å². The average molecular weight is 395 g/mol. The molecule has 0 saturated carbocycles. The molecule has 3 N–H and O–H groups in total. The van der Waals surface area contributed by atoms with E-state index in [2.05, 4.69) is 15.3 Å². The van der Waals surface area contributed by atoms with Crippen molar-refractivity contribution in [1.29, 1.82) is 0 Å². The summed E-state index contributed by atoms with van der Waals surface area (Å²) < 4.78 is 0. The van der Waals surface area contributed by atoms with Gasteiger partial charge in [-0.1, -0.05) is 0 Å². The highest BCUT2D eigenvalue weighted by atomic mass is 16.3. The van der Waals surface area contributed by atoms with E-state index < -0.39 is 6.10 Å². The van der Waals surface area contributed by atoms with Crippen LogP contribution in [0, 0.1) is 0 Å². The summed E-state index contributed by atoms with van der Waals surface area (Å²) in [5.41, 5.74) is 2.29. The Balaban J connectivity index is 1.39. The number of aromatic nitrogens is 3. The molecule has 3 aliphatic rings. The van der Waals surface area contributed by atoms with Crippen LogP contribution in [0.3, 0.4) is 0 Å². The smallest absolute Gasteiger partial charge is 0.254 e. The van der Waals surface area contributed by atoms with Gasteiger partial charge in [0.1, 0.15) is 5.82 Å². The van der Waals surface area contributed by atoms with Crippen molar-refractivity contribution in [3.05, 3.63) is 46.1 Å². The molecule has 4 heterocycles. The highest BCUT2D eigenvalue weighted by Gasteiger charge is 2.45. The average Bonchev–Trinajstić information content (AvgIpc) is 3.33. The number of piperidine rings is 1. The summed E-state index contributed by atoms with van der Waals surface area (Å²) in [5, 5.41) is 12.8. The van der Waals surface area contributed by atoms with E-state index in [9.17, 15) is 14.7 Å². The van der Waals surface area contributed by atoms with Crippen LogP contribution >= 0.6 is 0 Å². The highest BCUT2D eigenvalue weighted by Crippen LogP contribution is 2.44. The fraction of sp³-hybridized carbons (Fsp3) is 0.524. The van der Waals surface area contributed by atoms with Crippen LogP contribution in [0.5, 0.6) is 0 Å². The molecular formula is C21H25N5O3. The number of rotatable bonds is 2. The Kier molecular flexibility index (Phi) is 4.48. The number of carbonyl (C=O) groups is 1. The second-order valence-corrected chi connectivity index (χ2v) is 8.44. The van der Waals surface area contributed by atoms with Crippen molar-refractivity contribution in [2.45, 2.75) is 49.7 Å². The van der Waals surface area contributed by atoms with E-state index in [-0.39, 0.29) is 22.9 Å². The number of hydrogen-bond donors (Lipinski definition) is 3. The normalized spacial score (nSPS) is 25.3. The van der Waals surface area contributed by atoms with Gasteiger partial charge in [0, 0.05) is 48.6 Å². The maximum atomic E-state index is 12.8. The Morgan fingerprint density at radius 3 is 2.79 bits per heavy atom. The minimum atomic E-state index is -0.441. The van der Waals surface area contributed by atoms with Crippen LogP contribution in [-0.4, -0.2) is 62.6 Å². The molecule has 2 fully saturated rings. The van der Waals surface area contributed by atoms with Crippen LogP contribution in [0.25, 0.3) is 11.4 Å². The molecule has 152 valence electrons. The summed E-state index contributed by atoms with van der Waals surface area (Å²) in [4.78, 5) is 39.3. The number of pyridine rings is 1. The molecule has 5 rings (SSSR count). The third-order valence-corrected chi connectivity index (χ3v) is 6.74. The molecule has 8 nitrogen and oxygen atoms in total. The number of nitrogens with one attached hydrogen (secondary N) is 2. The van der Waals surface area contributed by atoms with E-state index in [0.717, 1.165) is 42.5 Å². The summed E-state index contributed by atoms with van der Waals surface area (Å²) in [6.45, 7) is 1.79. The van der Waals surface area contributed by atoms with Crippen molar-refractivity contribution in [2.75, 3.05) is 19.6 Å². The maximum absolute atomic E-state index is 12.8. The molecule has 1 amide bonds. The minimum absolute atomic E-state index is 0.0617. The highest BCUT2D eigenvalue weighted by molar-refractivity contribution is 5.82. The molecular weight excluding hydrogens is 370 g/mol. The Morgan fingerprint density at radius 1 is 1.28 bits per heavy atom. The topological polar surface area (TPSA) is 111 Å². The molecule has 2 saturated heterocycles. The van der Waals surface area contributed by atoms with Gasteiger partial charge in [-0.3, -0.25) is 14.6 Å². The standard InChI is InChI=1S/C21H25N5O3/c27-14-10-16(23-12-14)20(29)26-8-5-21(6-9-26)4-3-15-17(21)24-18(25-19(15)28)13-2-1-7-22-11-13/h1-2,7,11,14,16,23,27H,3-6,8-10,12H2,(H,24,25,28)/t14-,16+/m1/s1. The minimum Gasteiger partial charge on any atom is -0.392 e. The molecule has 0 bridgehead atoms. The second-order valence-electron chi connectivity index (χ2n) is 8.44. The van der Waals surface area contributed by atoms with Crippen molar-refractivity contribution in [3.63, 3.8) is 0 Å². The zero-order chi connectivity index (χ0) is 20.0. The molecule has 0 unspecified atom stereocenters. The van der Waals surface area contributed by atoms with Gasteiger partial charge in [-0.15, -0.1) is 0 Å². The first-order valence-electron chi connectivity index (χ1n) is 10.3. The van der Waals surface area contributed by atoms with Gasteiger partial charge in [-0.05, 0) is 44.2 Å². The van der Waals surface area contributed by atoms with Gasteiger partial charge in [0.25, 0.3) is 5.56 Å². The summed E-state index contributed by atoms with van der Waals surface area (Å²) in [7, 11) is 0.